The number of fused-ring (bicyclic) bond motifs is 1. The molecule has 6 nitrogen and oxygen atoms in total. The largest absolute Gasteiger partial charge is 0.417 e. The molecule has 0 bridgehead atoms. The average molecular weight is 482 g/mol. The lowest BCUT2D eigenvalue weighted by molar-refractivity contribution is -0.137. The van der Waals surface area contributed by atoms with Crippen LogP contribution in [0.1, 0.15) is 40.2 Å². The van der Waals surface area contributed by atoms with E-state index in [9.17, 15) is 18.0 Å². The molecule has 3 aromatic heterocycles. The average Bonchev–Trinajstić information content (AvgIpc) is 3.60. The smallest absolute Gasteiger partial charge is 0.368 e. The van der Waals surface area contributed by atoms with Crippen molar-refractivity contribution in [1.29, 1.82) is 0 Å². The van der Waals surface area contributed by atoms with Crippen LogP contribution >= 0.6 is 0 Å². The predicted molar refractivity (Wildman–Crippen MR) is 126 cm³/mol. The van der Waals surface area contributed by atoms with Crippen molar-refractivity contribution in [3.63, 3.8) is 0 Å². The number of carbonyl (C=O) groups excluding carboxylic acids is 1. The highest BCUT2D eigenvalue weighted by molar-refractivity contribution is 5.99. The van der Waals surface area contributed by atoms with Crippen molar-refractivity contribution < 1.29 is 18.0 Å². The number of alkyl halides is 3. The number of amides is 1. The van der Waals surface area contributed by atoms with Crippen LogP contribution in [0.15, 0.2) is 48.8 Å². The van der Waals surface area contributed by atoms with E-state index < -0.39 is 11.7 Å². The normalized spacial score (nSPS) is 21.4. The zero-order valence-corrected chi connectivity index (χ0v) is 19.5. The predicted octanol–water partition coefficient (Wildman–Crippen LogP) is 5.14. The van der Waals surface area contributed by atoms with Crippen LogP contribution in [0.4, 0.5) is 19.0 Å². The van der Waals surface area contributed by atoms with Crippen LogP contribution in [0.2, 0.25) is 0 Å². The van der Waals surface area contributed by atoms with Gasteiger partial charge in [-0.15, -0.1) is 0 Å². The highest BCUT2D eigenvalue weighted by atomic mass is 19.4. The summed E-state index contributed by atoms with van der Waals surface area (Å²) in [5.74, 6) is 1.27. The van der Waals surface area contributed by atoms with Gasteiger partial charge in [0.05, 0.1) is 11.3 Å². The molecule has 5 rings (SSSR count). The van der Waals surface area contributed by atoms with E-state index in [4.69, 9.17) is 0 Å². The molecule has 35 heavy (non-hydrogen) atoms. The van der Waals surface area contributed by atoms with Crippen LogP contribution in [0.5, 0.6) is 0 Å². The van der Waals surface area contributed by atoms with Crippen LogP contribution < -0.4 is 5.32 Å². The molecule has 1 saturated carbocycles. The number of likely N-dealkylation sites (tertiary alicyclic amines) is 1. The Hall–Kier alpha value is -3.49. The number of halogens is 3. The van der Waals surface area contributed by atoms with E-state index in [1.54, 1.807) is 6.20 Å². The molecule has 1 N–H and O–H groups in total. The Bertz CT molecular complexity index is 1240. The summed E-state index contributed by atoms with van der Waals surface area (Å²) in [6, 6.07) is 9.80. The molecule has 1 aliphatic carbocycles. The summed E-state index contributed by atoms with van der Waals surface area (Å²) in [6.45, 7) is 4.85. The minimum absolute atomic E-state index is 0.115. The highest BCUT2D eigenvalue weighted by Crippen LogP contribution is 2.47. The molecule has 9 heteroatoms. The molecule has 3 aromatic rings. The molecule has 4 heterocycles. The first-order valence-corrected chi connectivity index (χ1v) is 11.7. The fourth-order valence-corrected chi connectivity index (χ4v) is 4.85. The van der Waals surface area contributed by atoms with Gasteiger partial charge in [-0.25, -0.2) is 9.97 Å². The minimum atomic E-state index is -4.43. The minimum Gasteiger partial charge on any atom is -0.368 e. The van der Waals surface area contributed by atoms with Crippen molar-refractivity contribution in [1.82, 2.24) is 19.9 Å². The lowest BCUT2D eigenvalue weighted by atomic mass is 9.99. The number of nitrogens with zero attached hydrogens (tertiary/aromatic N) is 4. The van der Waals surface area contributed by atoms with Gasteiger partial charge >= 0.3 is 6.18 Å². The monoisotopic (exact) mass is 481 g/mol. The van der Waals surface area contributed by atoms with E-state index in [1.807, 2.05) is 43.0 Å². The molecular formula is C26H26F3N5O. The summed E-state index contributed by atoms with van der Waals surface area (Å²) in [6.07, 6.45) is 0.0285. The van der Waals surface area contributed by atoms with Gasteiger partial charge in [0.25, 0.3) is 5.91 Å². The maximum atomic E-state index is 13.9. The van der Waals surface area contributed by atoms with E-state index >= 15 is 0 Å². The van der Waals surface area contributed by atoms with E-state index in [0.29, 0.717) is 42.0 Å². The van der Waals surface area contributed by atoms with E-state index in [-0.39, 0.29) is 11.9 Å². The summed E-state index contributed by atoms with van der Waals surface area (Å²) >= 11 is 0. The van der Waals surface area contributed by atoms with Gasteiger partial charge in [0.15, 0.2) is 0 Å². The van der Waals surface area contributed by atoms with Crippen LogP contribution in [0.3, 0.4) is 0 Å². The number of nitrogens with one attached hydrogen (secondary N) is 1. The number of carbonyl (C=O) groups is 1. The lowest BCUT2D eigenvalue weighted by Crippen LogP contribution is -2.48. The van der Waals surface area contributed by atoms with Gasteiger partial charge in [0, 0.05) is 42.8 Å². The SMILES string of the molecule is Cc1ccc(-c2ncccc2C)c(C(=O)N2C[C@@H]3C[C@@H]3C[C@H]2CNc2ccc(C(F)(F)F)cn2)n1. The number of piperidine rings is 1. The highest BCUT2D eigenvalue weighted by Gasteiger charge is 2.47. The molecule has 1 aliphatic heterocycles. The summed E-state index contributed by atoms with van der Waals surface area (Å²) in [5, 5.41) is 3.13. The van der Waals surface area contributed by atoms with Gasteiger partial charge in [-0.3, -0.25) is 9.78 Å². The Kier molecular flexibility index (Phi) is 5.94. The topological polar surface area (TPSA) is 71.0 Å². The lowest BCUT2D eigenvalue weighted by Gasteiger charge is -2.36. The summed E-state index contributed by atoms with van der Waals surface area (Å²) < 4.78 is 38.5. The third kappa shape index (κ3) is 4.85. The molecule has 0 unspecified atom stereocenters. The van der Waals surface area contributed by atoms with Crippen molar-refractivity contribution >= 4 is 11.7 Å². The second kappa shape index (κ2) is 8.94. The quantitative estimate of drug-likeness (QED) is 0.547. The molecule has 1 saturated heterocycles. The second-order valence-corrected chi connectivity index (χ2v) is 9.43. The van der Waals surface area contributed by atoms with Crippen molar-refractivity contribution in [2.75, 3.05) is 18.4 Å². The van der Waals surface area contributed by atoms with Gasteiger partial charge in [-0.2, -0.15) is 13.2 Å². The maximum absolute atomic E-state index is 13.9. The number of pyridine rings is 3. The first-order chi connectivity index (χ1) is 16.7. The van der Waals surface area contributed by atoms with Crippen LogP contribution in [0, 0.1) is 25.7 Å². The Morgan fingerprint density at radius 2 is 1.91 bits per heavy atom. The third-order valence-electron chi connectivity index (χ3n) is 6.89. The number of hydrogen-bond acceptors (Lipinski definition) is 5. The molecule has 0 radical (unpaired) electrons. The Morgan fingerprint density at radius 1 is 1.09 bits per heavy atom. The summed E-state index contributed by atoms with van der Waals surface area (Å²) in [4.78, 5) is 28.8. The third-order valence-corrected chi connectivity index (χ3v) is 6.89. The molecule has 2 aliphatic rings. The van der Waals surface area contributed by atoms with Gasteiger partial charge in [-0.05, 0) is 74.4 Å². The molecule has 1 amide bonds. The molecule has 3 atom stereocenters. The Balaban J connectivity index is 1.39. The summed E-state index contributed by atoms with van der Waals surface area (Å²) in [7, 11) is 0. The van der Waals surface area contributed by atoms with Crippen LogP contribution in [-0.4, -0.2) is 44.9 Å². The Labute approximate surface area is 201 Å². The number of rotatable bonds is 5. The van der Waals surface area contributed by atoms with Crippen molar-refractivity contribution in [3.8, 4) is 11.3 Å². The molecule has 0 spiro atoms. The first kappa shape index (κ1) is 23.3. The number of anilines is 1. The molecule has 2 fully saturated rings. The van der Waals surface area contributed by atoms with Crippen molar-refractivity contribution in [2.45, 2.75) is 38.9 Å². The maximum Gasteiger partial charge on any atom is 0.417 e. The first-order valence-electron chi connectivity index (χ1n) is 11.7. The van der Waals surface area contributed by atoms with Gasteiger partial charge in [0.2, 0.25) is 0 Å². The fraction of sp³-hybridized carbons (Fsp3) is 0.385. The molecule has 182 valence electrons. The zero-order valence-electron chi connectivity index (χ0n) is 19.5. The number of aromatic nitrogens is 3. The van der Waals surface area contributed by atoms with E-state index in [0.717, 1.165) is 42.1 Å². The zero-order chi connectivity index (χ0) is 24.7. The standard InChI is InChI=1S/C26H26F3N5O/c1-15-4-3-9-30-23(15)21-7-5-16(2)33-24(21)25(35)34-14-18-10-17(18)11-20(34)13-32-22-8-6-19(12-31-22)26(27,28)29/h3-9,12,17-18,20H,10-11,13-14H2,1-2H3,(H,31,32)/t17-,18+,20+/m1/s1. The fourth-order valence-electron chi connectivity index (χ4n) is 4.85. The van der Waals surface area contributed by atoms with E-state index in [1.165, 1.54) is 6.07 Å². The summed E-state index contributed by atoms with van der Waals surface area (Å²) in [5.41, 5.74) is 2.72. The van der Waals surface area contributed by atoms with Gasteiger partial charge < -0.3 is 10.2 Å². The Morgan fingerprint density at radius 3 is 2.63 bits per heavy atom. The second-order valence-electron chi connectivity index (χ2n) is 9.43. The van der Waals surface area contributed by atoms with E-state index in [2.05, 4.69) is 20.3 Å². The van der Waals surface area contributed by atoms with Crippen molar-refractivity contribution in [2.24, 2.45) is 11.8 Å². The van der Waals surface area contributed by atoms with Crippen LogP contribution in [-0.2, 0) is 6.18 Å². The molecular weight excluding hydrogens is 455 g/mol. The number of aryl methyl sites for hydroxylation is 2. The number of hydrogen-bond donors (Lipinski definition) is 1. The van der Waals surface area contributed by atoms with Gasteiger partial charge in [-0.1, -0.05) is 6.07 Å². The van der Waals surface area contributed by atoms with Crippen LogP contribution in [0.25, 0.3) is 11.3 Å². The van der Waals surface area contributed by atoms with Gasteiger partial charge in [0.1, 0.15) is 11.5 Å². The molecule has 0 aromatic carbocycles. The van der Waals surface area contributed by atoms with Crippen molar-refractivity contribution in [3.05, 3.63) is 71.3 Å².